The SMILES string of the molecule is Cc1[nH]ncc1C(=O)NC1CC(N)C1(C)C. The number of rotatable bonds is 2. The number of amides is 1. The number of aromatic nitrogens is 2. The maximum absolute atomic E-state index is 11.9. The van der Waals surface area contributed by atoms with Crippen molar-refractivity contribution in [3.8, 4) is 0 Å². The molecule has 0 spiro atoms. The fraction of sp³-hybridized carbons (Fsp3) is 0.636. The Labute approximate surface area is 94.8 Å². The van der Waals surface area contributed by atoms with Crippen LogP contribution in [0, 0.1) is 12.3 Å². The van der Waals surface area contributed by atoms with E-state index in [1.165, 1.54) is 0 Å². The summed E-state index contributed by atoms with van der Waals surface area (Å²) in [6.45, 7) is 5.99. The summed E-state index contributed by atoms with van der Waals surface area (Å²) in [5.74, 6) is -0.0729. The molecule has 5 heteroatoms. The van der Waals surface area contributed by atoms with Gasteiger partial charge in [-0.05, 0) is 13.3 Å². The lowest BCUT2D eigenvalue weighted by Crippen LogP contribution is -2.64. The first-order chi connectivity index (χ1) is 7.43. The van der Waals surface area contributed by atoms with Gasteiger partial charge < -0.3 is 11.1 Å². The third-order valence-corrected chi connectivity index (χ3v) is 3.72. The number of aryl methyl sites for hydroxylation is 1. The van der Waals surface area contributed by atoms with E-state index in [1.807, 2.05) is 6.92 Å². The molecule has 1 heterocycles. The van der Waals surface area contributed by atoms with Crippen molar-refractivity contribution in [2.45, 2.75) is 39.3 Å². The Morgan fingerprint density at radius 2 is 2.38 bits per heavy atom. The Balaban J connectivity index is 2.02. The van der Waals surface area contributed by atoms with Crippen LogP contribution in [0.5, 0.6) is 0 Å². The van der Waals surface area contributed by atoms with Crippen molar-refractivity contribution in [2.24, 2.45) is 11.1 Å². The third-order valence-electron chi connectivity index (χ3n) is 3.72. The van der Waals surface area contributed by atoms with Crippen LogP contribution in [-0.4, -0.2) is 28.2 Å². The molecule has 88 valence electrons. The van der Waals surface area contributed by atoms with E-state index < -0.39 is 0 Å². The Morgan fingerprint density at radius 1 is 1.69 bits per heavy atom. The lowest BCUT2D eigenvalue weighted by Gasteiger charge is -2.50. The van der Waals surface area contributed by atoms with Gasteiger partial charge in [-0.2, -0.15) is 5.10 Å². The first-order valence-corrected chi connectivity index (χ1v) is 5.49. The van der Waals surface area contributed by atoms with Crippen LogP contribution in [0.1, 0.15) is 36.3 Å². The molecular formula is C11H18N4O. The molecule has 2 unspecified atom stereocenters. The van der Waals surface area contributed by atoms with E-state index >= 15 is 0 Å². The molecule has 1 aromatic heterocycles. The monoisotopic (exact) mass is 222 g/mol. The quantitative estimate of drug-likeness (QED) is 0.684. The van der Waals surface area contributed by atoms with Crippen molar-refractivity contribution in [3.05, 3.63) is 17.5 Å². The van der Waals surface area contributed by atoms with Crippen LogP contribution in [0.15, 0.2) is 6.20 Å². The summed E-state index contributed by atoms with van der Waals surface area (Å²) in [6, 6.07) is 0.326. The zero-order chi connectivity index (χ0) is 11.9. The summed E-state index contributed by atoms with van der Waals surface area (Å²) < 4.78 is 0. The molecule has 2 atom stereocenters. The van der Waals surface area contributed by atoms with Gasteiger partial charge in [0.15, 0.2) is 0 Å². The molecule has 1 amide bonds. The Kier molecular flexibility index (Phi) is 2.50. The normalized spacial score (nSPS) is 27.2. The van der Waals surface area contributed by atoms with Crippen molar-refractivity contribution in [1.29, 1.82) is 0 Å². The van der Waals surface area contributed by atoms with Crippen LogP contribution in [0.2, 0.25) is 0 Å². The topological polar surface area (TPSA) is 83.8 Å². The minimum Gasteiger partial charge on any atom is -0.349 e. The zero-order valence-corrected chi connectivity index (χ0v) is 9.87. The summed E-state index contributed by atoms with van der Waals surface area (Å²) in [7, 11) is 0. The van der Waals surface area contributed by atoms with E-state index in [1.54, 1.807) is 6.20 Å². The summed E-state index contributed by atoms with van der Waals surface area (Å²) in [6.07, 6.45) is 2.39. The molecule has 16 heavy (non-hydrogen) atoms. The largest absolute Gasteiger partial charge is 0.349 e. The summed E-state index contributed by atoms with van der Waals surface area (Å²) in [5, 5.41) is 9.59. The highest BCUT2D eigenvalue weighted by Crippen LogP contribution is 2.39. The van der Waals surface area contributed by atoms with Crippen LogP contribution < -0.4 is 11.1 Å². The second-order valence-electron chi connectivity index (χ2n) is 5.10. The maximum atomic E-state index is 11.9. The van der Waals surface area contributed by atoms with Crippen LogP contribution >= 0.6 is 0 Å². The Hall–Kier alpha value is -1.36. The molecule has 4 N–H and O–H groups in total. The van der Waals surface area contributed by atoms with Crippen LogP contribution in [0.4, 0.5) is 0 Å². The van der Waals surface area contributed by atoms with Gasteiger partial charge in [0.25, 0.3) is 5.91 Å². The van der Waals surface area contributed by atoms with E-state index in [9.17, 15) is 4.79 Å². The minimum atomic E-state index is -0.0729. The predicted molar refractivity (Wildman–Crippen MR) is 61.0 cm³/mol. The highest BCUT2D eigenvalue weighted by molar-refractivity contribution is 5.95. The lowest BCUT2D eigenvalue weighted by molar-refractivity contribution is 0.0586. The van der Waals surface area contributed by atoms with E-state index in [4.69, 9.17) is 5.73 Å². The van der Waals surface area contributed by atoms with E-state index in [-0.39, 0.29) is 23.4 Å². The van der Waals surface area contributed by atoms with Gasteiger partial charge in [0.05, 0.1) is 11.8 Å². The zero-order valence-electron chi connectivity index (χ0n) is 9.87. The lowest BCUT2D eigenvalue weighted by atomic mass is 9.63. The number of hydrogen-bond acceptors (Lipinski definition) is 3. The van der Waals surface area contributed by atoms with Gasteiger partial charge in [-0.3, -0.25) is 9.89 Å². The average molecular weight is 222 g/mol. The molecule has 0 radical (unpaired) electrons. The highest BCUT2D eigenvalue weighted by Gasteiger charge is 2.46. The summed E-state index contributed by atoms with van der Waals surface area (Å²) in [4.78, 5) is 11.9. The molecule has 2 rings (SSSR count). The number of nitrogens with zero attached hydrogens (tertiary/aromatic N) is 1. The van der Waals surface area contributed by atoms with Crippen LogP contribution in [0.3, 0.4) is 0 Å². The number of carbonyl (C=O) groups excluding carboxylic acids is 1. The molecule has 1 aromatic rings. The van der Waals surface area contributed by atoms with Crippen molar-refractivity contribution in [1.82, 2.24) is 15.5 Å². The Morgan fingerprint density at radius 3 is 2.81 bits per heavy atom. The van der Waals surface area contributed by atoms with Gasteiger partial charge in [-0.25, -0.2) is 0 Å². The molecule has 1 aliphatic carbocycles. The fourth-order valence-corrected chi connectivity index (χ4v) is 2.02. The second-order valence-corrected chi connectivity index (χ2v) is 5.10. The van der Waals surface area contributed by atoms with Crippen molar-refractivity contribution >= 4 is 5.91 Å². The smallest absolute Gasteiger partial charge is 0.254 e. The van der Waals surface area contributed by atoms with Gasteiger partial charge in [-0.15, -0.1) is 0 Å². The number of hydrogen-bond donors (Lipinski definition) is 3. The first-order valence-electron chi connectivity index (χ1n) is 5.49. The summed E-state index contributed by atoms with van der Waals surface area (Å²) >= 11 is 0. The standard InChI is InChI=1S/C11H18N4O/c1-6-7(5-13-15-6)10(16)14-9-4-8(12)11(9,2)3/h5,8-9H,4,12H2,1-3H3,(H,13,15)(H,14,16). The van der Waals surface area contributed by atoms with Crippen LogP contribution in [-0.2, 0) is 0 Å². The molecule has 0 aliphatic heterocycles. The molecule has 1 saturated carbocycles. The van der Waals surface area contributed by atoms with E-state index in [2.05, 4.69) is 29.4 Å². The summed E-state index contributed by atoms with van der Waals surface area (Å²) in [5.41, 5.74) is 7.28. The molecule has 0 bridgehead atoms. The minimum absolute atomic E-state index is 0.0205. The second kappa shape index (κ2) is 3.59. The van der Waals surface area contributed by atoms with Gasteiger partial charge in [-0.1, -0.05) is 13.8 Å². The first kappa shape index (κ1) is 11.1. The number of aromatic amines is 1. The highest BCUT2D eigenvalue weighted by atomic mass is 16.1. The molecular weight excluding hydrogens is 204 g/mol. The van der Waals surface area contributed by atoms with E-state index in [0.717, 1.165) is 12.1 Å². The molecule has 1 aliphatic rings. The molecule has 1 fully saturated rings. The number of nitrogens with one attached hydrogen (secondary N) is 2. The molecule has 0 saturated heterocycles. The van der Waals surface area contributed by atoms with Crippen molar-refractivity contribution in [3.63, 3.8) is 0 Å². The van der Waals surface area contributed by atoms with E-state index in [0.29, 0.717) is 5.56 Å². The maximum Gasteiger partial charge on any atom is 0.254 e. The Bertz CT molecular complexity index is 410. The predicted octanol–water partition coefficient (Wildman–Crippen LogP) is 0.574. The number of carbonyl (C=O) groups is 1. The van der Waals surface area contributed by atoms with Gasteiger partial charge in [0.1, 0.15) is 0 Å². The molecule has 0 aromatic carbocycles. The average Bonchev–Trinajstić information content (AvgIpc) is 2.64. The van der Waals surface area contributed by atoms with Crippen LogP contribution in [0.25, 0.3) is 0 Å². The van der Waals surface area contributed by atoms with Gasteiger partial charge >= 0.3 is 0 Å². The van der Waals surface area contributed by atoms with Crippen molar-refractivity contribution < 1.29 is 4.79 Å². The number of H-pyrrole nitrogens is 1. The van der Waals surface area contributed by atoms with Gasteiger partial charge in [0, 0.05) is 23.2 Å². The fourth-order valence-electron chi connectivity index (χ4n) is 2.02. The molecule has 5 nitrogen and oxygen atoms in total. The van der Waals surface area contributed by atoms with Crippen molar-refractivity contribution in [2.75, 3.05) is 0 Å². The number of nitrogens with two attached hydrogens (primary N) is 1. The third kappa shape index (κ3) is 1.61. The van der Waals surface area contributed by atoms with Gasteiger partial charge in [0.2, 0.25) is 0 Å².